The topological polar surface area (TPSA) is 60.2 Å². The third-order valence-electron chi connectivity index (χ3n) is 3.26. The van der Waals surface area contributed by atoms with E-state index in [1.165, 1.54) is 13.2 Å². The molecule has 0 radical (unpaired) electrons. The normalized spacial score (nSPS) is 12.2. The number of aryl methyl sites for hydroxylation is 1. The summed E-state index contributed by atoms with van der Waals surface area (Å²) in [5.74, 6) is 5.43. The first-order valence-electron chi connectivity index (χ1n) is 6.44. The number of hydrogen-bond acceptors (Lipinski definition) is 4. The monoisotopic (exact) mass is 275 g/mol. The number of pyridine rings is 1. The summed E-state index contributed by atoms with van der Waals surface area (Å²) in [6.07, 6.45) is 2.54. The number of nitrogens with one attached hydrogen (secondary N) is 1. The Hall–Kier alpha value is -1.98. The van der Waals surface area contributed by atoms with Crippen molar-refractivity contribution in [3.63, 3.8) is 0 Å². The minimum Gasteiger partial charge on any atom is -0.494 e. The van der Waals surface area contributed by atoms with E-state index in [1.54, 1.807) is 18.3 Å². The van der Waals surface area contributed by atoms with Gasteiger partial charge in [-0.2, -0.15) is 0 Å². The van der Waals surface area contributed by atoms with Crippen molar-refractivity contribution in [2.24, 2.45) is 5.84 Å². The number of benzene rings is 1. The summed E-state index contributed by atoms with van der Waals surface area (Å²) in [6.45, 7) is 2.04. The number of aromatic nitrogens is 1. The second-order valence-corrected chi connectivity index (χ2v) is 4.39. The van der Waals surface area contributed by atoms with Gasteiger partial charge in [-0.15, -0.1) is 0 Å². The van der Waals surface area contributed by atoms with Crippen molar-refractivity contribution in [2.45, 2.75) is 19.4 Å². The zero-order chi connectivity index (χ0) is 14.5. The van der Waals surface area contributed by atoms with E-state index in [1.807, 2.05) is 19.1 Å². The van der Waals surface area contributed by atoms with Crippen LogP contribution in [0.15, 0.2) is 36.5 Å². The summed E-state index contributed by atoms with van der Waals surface area (Å²) in [7, 11) is 1.44. The average Bonchev–Trinajstić information content (AvgIpc) is 2.49. The van der Waals surface area contributed by atoms with Gasteiger partial charge in [0.1, 0.15) is 0 Å². The Balaban J connectivity index is 2.44. The maximum atomic E-state index is 13.8. The van der Waals surface area contributed by atoms with E-state index in [2.05, 4.69) is 10.4 Å². The largest absolute Gasteiger partial charge is 0.494 e. The van der Waals surface area contributed by atoms with Gasteiger partial charge in [-0.05, 0) is 35.7 Å². The SMILES string of the molecule is CCc1cccnc1C(NN)c1ccc(OC)c(F)c1. The highest BCUT2D eigenvalue weighted by Crippen LogP contribution is 2.26. The number of nitrogens with two attached hydrogens (primary N) is 1. The van der Waals surface area contributed by atoms with Gasteiger partial charge in [0.15, 0.2) is 11.6 Å². The van der Waals surface area contributed by atoms with Crippen molar-refractivity contribution in [1.82, 2.24) is 10.4 Å². The molecule has 0 aliphatic carbocycles. The molecule has 0 aliphatic heterocycles. The van der Waals surface area contributed by atoms with Crippen LogP contribution in [0.1, 0.15) is 29.8 Å². The van der Waals surface area contributed by atoms with Crippen LogP contribution in [-0.2, 0) is 6.42 Å². The molecule has 1 unspecified atom stereocenters. The van der Waals surface area contributed by atoms with Gasteiger partial charge >= 0.3 is 0 Å². The van der Waals surface area contributed by atoms with Gasteiger partial charge in [0.2, 0.25) is 0 Å². The van der Waals surface area contributed by atoms with Gasteiger partial charge in [-0.1, -0.05) is 19.1 Å². The van der Waals surface area contributed by atoms with Crippen molar-refractivity contribution < 1.29 is 9.13 Å². The van der Waals surface area contributed by atoms with Gasteiger partial charge in [0.05, 0.1) is 18.8 Å². The average molecular weight is 275 g/mol. The molecule has 5 heteroatoms. The van der Waals surface area contributed by atoms with Crippen LogP contribution in [-0.4, -0.2) is 12.1 Å². The molecule has 3 N–H and O–H groups in total. The maximum absolute atomic E-state index is 13.8. The van der Waals surface area contributed by atoms with Gasteiger partial charge in [-0.3, -0.25) is 10.8 Å². The van der Waals surface area contributed by atoms with Gasteiger partial charge in [-0.25, -0.2) is 9.82 Å². The minimum atomic E-state index is -0.417. The molecular formula is C15H18FN3O. The molecule has 20 heavy (non-hydrogen) atoms. The Morgan fingerprint density at radius 2 is 2.20 bits per heavy atom. The van der Waals surface area contributed by atoms with E-state index in [4.69, 9.17) is 10.6 Å². The first kappa shape index (κ1) is 14.4. The zero-order valence-corrected chi connectivity index (χ0v) is 11.6. The molecule has 1 aromatic heterocycles. The van der Waals surface area contributed by atoms with Crippen molar-refractivity contribution in [1.29, 1.82) is 0 Å². The molecule has 0 saturated carbocycles. The van der Waals surface area contributed by atoms with Gasteiger partial charge < -0.3 is 4.74 Å². The predicted molar refractivity (Wildman–Crippen MR) is 75.7 cm³/mol. The van der Waals surface area contributed by atoms with Crippen LogP contribution >= 0.6 is 0 Å². The number of hydrogen-bond donors (Lipinski definition) is 2. The van der Waals surface area contributed by atoms with Crippen LogP contribution in [0, 0.1) is 5.82 Å². The Morgan fingerprint density at radius 3 is 2.80 bits per heavy atom. The smallest absolute Gasteiger partial charge is 0.165 e. The molecule has 0 bridgehead atoms. The van der Waals surface area contributed by atoms with Crippen molar-refractivity contribution in [3.8, 4) is 5.75 Å². The summed E-state index contributed by atoms with van der Waals surface area (Å²) in [5, 5.41) is 0. The molecule has 0 fully saturated rings. The molecule has 4 nitrogen and oxygen atoms in total. The molecule has 1 aromatic carbocycles. The highest BCUT2D eigenvalue weighted by molar-refractivity contribution is 5.36. The van der Waals surface area contributed by atoms with Crippen molar-refractivity contribution >= 4 is 0 Å². The van der Waals surface area contributed by atoms with E-state index in [0.717, 1.165) is 17.7 Å². The van der Waals surface area contributed by atoms with Crippen LogP contribution in [0.5, 0.6) is 5.75 Å². The lowest BCUT2D eigenvalue weighted by Crippen LogP contribution is -2.30. The fourth-order valence-electron chi connectivity index (χ4n) is 2.20. The molecule has 0 spiro atoms. The number of rotatable bonds is 5. The van der Waals surface area contributed by atoms with Crippen LogP contribution in [0.25, 0.3) is 0 Å². The lowest BCUT2D eigenvalue weighted by Gasteiger charge is -2.19. The number of methoxy groups -OCH3 is 1. The fourth-order valence-corrected chi connectivity index (χ4v) is 2.20. The van der Waals surface area contributed by atoms with E-state index in [9.17, 15) is 4.39 Å². The molecule has 1 heterocycles. The molecule has 0 aliphatic rings. The molecule has 1 atom stereocenters. The molecule has 2 rings (SSSR count). The quantitative estimate of drug-likeness (QED) is 0.649. The molecule has 2 aromatic rings. The number of halogens is 1. The van der Waals surface area contributed by atoms with E-state index < -0.39 is 5.82 Å². The second kappa shape index (κ2) is 6.45. The van der Waals surface area contributed by atoms with Crippen LogP contribution in [0.4, 0.5) is 4.39 Å². The minimum absolute atomic E-state index is 0.209. The van der Waals surface area contributed by atoms with Gasteiger partial charge in [0.25, 0.3) is 0 Å². The Bertz CT molecular complexity index is 589. The molecule has 0 saturated heterocycles. The summed E-state index contributed by atoms with van der Waals surface area (Å²) in [5.41, 5.74) is 5.29. The third kappa shape index (κ3) is 2.79. The van der Waals surface area contributed by atoms with E-state index in [0.29, 0.717) is 5.56 Å². The Labute approximate surface area is 117 Å². The van der Waals surface area contributed by atoms with Crippen molar-refractivity contribution in [2.75, 3.05) is 7.11 Å². The van der Waals surface area contributed by atoms with Gasteiger partial charge in [0, 0.05) is 6.20 Å². The summed E-state index contributed by atoms with van der Waals surface area (Å²) in [4.78, 5) is 4.37. The highest BCUT2D eigenvalue weighted by Gasteiger charge is 2.18. The van der Waals surface area contributed by atoms with Crippen molar-refractivity contribution in [3.05, 3.63) is 59.2 Å². The maximum Gasteiger partial charge on any atom is 0.165 e. The van der Waals surface area contributed by atoms with Crippen LogP contribution < -0.4 is 16.0 Å². The first-order chi connectivity index (χ1) is 9.71. The Morgan fingerprint density at radius 1 is 1.40 bits per heavy atom. The Kier molecular flexibility index (Phi) is 4.65. The number of ether oxygens (including phenoxy) is 1. The molecule has 106 valence electrons. The lowest BCUT2D eigenvalue weighted by molar-refractivity contribution is 0.385. The van der Waals surface area contributed by atoms with Crippen LogP contribution in [0.3, 0.4) is 0 Å². The number of hydrazine groups is 1. The first-order valence-corrected chi connectivity index (χ1v) is 6.44. The highest BCUT2D eigenvalue weighted by atomic mass is 19.1. The van der Waals surface area contributed by atoms with Crippen LogP contribution in [0.2, 0.25) is 0 Å². The zero-order valence-electron chi connectivity index (χ0n) is 11.6. The second-order valence-electron chi connectivity index (χ2n) is 4.39. The predicted octanol–water partition coefficient (Wildman–Crippen LogP) is 2.34. The van der Waals surface area contributed by atoms with E-state index in [-0.39, 0.29) is 11.8 Å². The molecule has 0 amide bonds. The summed E-state index contributed by atoms with van der Waals surface area (Å²) >= 11 is 0. The fraction of sp³-hybridized carbons (Fsp3) is 0.267. The van der Waals surface area contributed by atoms with E-state index >= 15 is 0 Å². The standard InChI is InChI=1S/C15H18FN3O/c1-3-10-5-4-8-18-14(10)15(19-17)11-6-7-13(20-2)12(16)9-11/h4-9,15,19H,3,17H2,1-2H3. The summed E-state index contributed by atoms with van der Waals surface area (Å²) < 4.78 is 18.8. The molecular weight excluding hydrogens is 257 g/mol. The lowest BCUT2D eigenvalue weighted by atomic mass is 9.98. The third-order valence-corrected chi connectivity index (χ3v) is 3.26. The number of nitrogens with zero attached hydrogens (tertiary/aromatic N) is 1. The summed E-state index contributed by atoms with van der Waals surface area (Å²) in [6, 6.07) is 8.30.